The molecule has 0 bridgehead atoms. The van der Waals surface area contributed by atoms with E-state index in [1.165, 1.54) is 4.88 Å². The molecule has 0 unspecified atom stereocenters. The molecule has 0 radical (unpaired) electrons. The molecule has 116 valence electrons. The Balaban J connectivity index is 1.93. The lowest BCUT2D eigenvalue weighted by Crippen LogP contribution is -2.16. The van der Waals surface area contributed by atoms with Crippen molar-refractivity contribution in [2.45, 2.75) is 25.9 Å². The lowest BCUT2D eigenvalue weighted by Gasteiger charge is -2.13. The summed E-state index contributed by atoms with van der Waals surface area (Å²) in [5.41, 5.74) is 0.984. The van der Waals surface area contributed by atoms with Crippen molar-refractivity contribution in [2.24, 2.45) is 0 Å². The van der Waals surface area contributed by atoms with Crippen LogP contribution in [-0.4, -0.2) is 35.4 Å². The van der Waals surface area contributed by atoms with E-state index in [1.807, 2.05) is 12.3 Å². The molecule has 1 aliphatic heterocycles. The van der Waals surface area contributed by atoms with E-state index in [-0.39, 0.29) is 11.7 Å². The molecule has 1 aromatic heterocycles. The summed E-state index contributed by atoms with van der Waals surface area (Å²) in [7, 11) is 0. The molecule has 1 aliphatic rings. The summed E-state index contributed by atoms with van der Waals surface area (Å²) in [6, 6.07) is 5.04. The molecular weight excluding hydrogens is 302 g/mol. The molecule has 1 atom stereocenters. The highest BCUT2D eigenvalue weighted by molar-refractivity contribution is 7.15. The topological polar surface area (TPSA) is 68.7 Å². The zero-order chi connectivity index (χ0) is 15.5. The Morgan fingerprint density at radius 3 is 3.00 bits per heavy atom. The number of rotatable bonds is 5. The van der Waals surface area contributed by atoms with Crippen molar-refractivity contribution in [3.63, 3.8) is 0 Å². The summed E-state index contributed by atoms with van der Waals surface area (Å²) in [6.07, 6.45) is 3.56. The van der Waals surface area contributed by atoms with Gasteiger partial charge in [-0.3, -0.25) is 0 Å². The predicted molar refractivity (Wildman–Crippen MR) is 83.7 cm³/mol. The van der Waals surface area contributed by atoms with Gasteiger partial charge in [0.05, 0.1) is 18.8 Å². The quantitative estimate of drug-likeness (QED) is 0.916. The first-order valence-electron chi connectivity index (χ1n) is 7.23. The zero-order valence-corrected chi connectivity index (χ0v) is 13.1. The third-order valence-corrected chi connectivity index (χ3v) is 4.68. The van der Waals surface area contributed by atoms with Crippen molar-refractivity contribution in [3.8, 4) is 16.3 Å². The molecule has 22 heavy (non-hydrogen) atoms. The summed E-state index contributed by atoms with van der Waals surface area (Å²) in [6.45, 7) is 3.30. The highest BCUT2D eigenvalue weighted by Crippen LogP contribution is 2.30. The van der Waals surface area contributed by atoms with Gasteiger partial charge in [-0.05, 0) is 24.6 Å². The van der Waals surface area contributed by atoms with Crippen LogP contribution in [0.3, 0.4) is 0 Å². The van der Waals surface area contributed by atoms with Gasteiger partial charge in [0.25, 0.3) is 0 Å². The van der Waals surface area contributed by atoms with Crippen molar-refractivity contribution >= 4 is 17.3 Å². The first kappa shape index (κ1) is 15.0. The number of aromatic carboxylic acids is 1. The number of aromatic nitrogens is 1. The van der Waals surface area contributed by atoms with E-state index >= 15 is 0 Å². The van der Waals surface area contributed by atoms with Gasteiger partial charge in [0.2, 0.25) is 0 Å². The minimum absolute atomic E-state index is 0.0145. The first-order valence-corrected chi connectivity index (χ1v) is 8.05. The van der Waals surface area contributed by atoms with Crippen molar-refractivity contribution in [1.29, 1.82) is 0 Å². The molecule has 0 aliphatic carbocycles. The van der Waals surface area contributed by atoms with Crippen LogP contribution in [0.15, 0.2) is 24.4 Å². The van der Waals surface area contributed by atoms with Crippen molar-refractivity contribution in [2.75, 3.05) is 13.2 Å². The average Bonchev–Trinajstić information content (AvgIpc) is 3.17. The lowest BCUT2D eigenvalue weighted by atomic mass is 10.1. The van der Waals surface area contributed by atoms with Crippen LogP contribution in [0, 0.1) is 0 Å². The number of hydrogen-bond donors (Lipinski definition) is 1. The number of nitrogens with zero attached hydrogens (tertiary/aromatic N) is 1. The number of carboxylic acid groups (broad SMARTS) is 1. The van der Waals surface area contributed by atoms with Crippen molar-refractivity contribution < 1.29 is 19.4 Å². The predicted octanol–water partition coefficient (Wildman–Crippen LogP) is 3.24. The van der Waals surface area contributed by atoms with Crippen LogP contribution >= 0.6 is 11.3 Å². The van der Waals surface area contributed by atoms with E-state index in [0.29, 0.717) is 19.0 Å². The Morgan fingerprint density at radius 1 is 1.50 bits per heavy atom. The molecular formula is C16H17NO4S. The molecule has 1 N–H and O–H groups in total. The fourth-order valence-electron chi connectivity index (χ4n) is 2.32. The molecule has 1 saturated heterocycles. The standard InChI is InChI=1S/C16H17NO4S/c1-2-14-8-17-15(22-14)10-5-11(16(18)19)7-13(6-10)21-12-3-4-20-9-12/h5-8,12H,2-4,9H2,1H3,(H,18,19)/t12-/m1/s1. The Kier molecular flexibility index (Phi) is 4.40. The third kappa shape index (κ3) is 3.28. The normalized spacial score (nSPS) is 17.6. The second-order valence-corrected chi connectivity index (χ2v) is 6.26. The van der Waals surface area contributed by atoms with Crippen LogP contribution in [0.2, 0.25) is 0 Å². The Hall–Kier alpha value is -1.92. The van der Waals surface area contributed by atoms with E-state index in [2.05, 4.69) is 11.9 Å². The molecule has 2 aromatic rings. The van der Waals surface area contributed by atoms with Gasteiger partial charge in [0.1, 0.15) is 16.9 Å². The highest BCUT2D eigenvalue weighted by atomic mass is 32.1. The minimum Gasteiger partial charge on any atom is -0.488 e. The van der Waals surface area contributed by atoms with Crippen LogP contribution in [0.1, 0.15) is 28.6 Å². The van der Waals surface area contributed by atoms with Gasteiger partial charge in [-0.25, -0.2) is 9.78 Å². The summed E-state index contributed by atoms with van der Waals surface area (Å²) in [4.78, 5) is 16.9. The van der Waals surface area contributed by atoms with E-state index in [9.17, 15) is 9.90 Å². The lowest BCUT2D eigenvalue weighted by molar-refractivity contribution is 0.0696. The van der Waals surface area contributed by atoms with Gasteiger partial charge < -0.3 is 14.6 Å². The van der Waals surface area contributed by atoms with E-state index in [1.54, 1.807) is 23.5 Å². The van der Waals surface area contributed by atoms with Gasteiger partial charge in [0.15, 0.2) is 0 Å². The highest BCUT2D eigenvalue weighted by Gasteiger charge is 2.19. The smallest absolute Gasteiger partial charge is 0.335 e. The number of ether oxygens (including phenoxy) is 2. The Labute approximate surface area is 132 Å². The van der Waals surface area contributed by atoms with Gasteiger partial charge in [-0.2, -0.15) is 0 Å². The van der Waals surface area contributed by atoms with Crippen molar-refractivity contribution in [1.82, 2.24) is 4.98 Å². The van der Waals surface area contributed by atoms with Gasteiger partial charge >= 0.3 is 5.97 Å². The summed E-state index contributed by atoms with van der Waals surface area (Å²) in [5, 5.41) is 10.1. The molecule has 0 saturated carbocycles. The first-order chi connectivity index (χ1) is 10.7. The minimum atomic E-state index is -0.971. The maximum Gasteiger partial charge on any atom is 0.335 e. The maximum absolute atomic E-state index is 11.3. The summed E-state index contributed by atoms with van der Waals surface area (Å²) < 4.78 is 11.1. The molecule has 2 heterocycles. The van der Waals surface area contributed by atoms with Crippen LogP contribution in [0.25, 0.3) is 10.6 Å². The average molecular weight is 319 g/mol. The molecule has 0 amide bonds. The van der Waals surface area contributed by atoms with Crippen LogP contribution in [0.5, 0.6) is 5.75 Å². The maximum atomic E-state index is 11.3. The number of aryl methyl sites for hydroxylation is 1. The molecule has 3 rings (SSSR count). The fraction of sp³-hybridized carbons (Fsp3) is 0.375. The van der Waals surface area contributed by atoms with E-state index in [4.69, 9.17) is 9.47 Å². The summed E-state index contributed by atoms with van der Waals surface area (Å²) >= 11 is 1.57. The fourth-order valence-corrected chi connectivity index (χ4v) is 3.16. The van der Waals surface area contributed by atoms with Gasteiger partial charge in [-0.15, -0.1) is 11.3 Å². The Bertz CT molecular complexity index is 677. The van der Waals surface area contributed by atoms with E-state index < -0.39 is 5.97 Å². The molecule has 0 spiro atoms. The summed E-state index contributed by atoms with van der Waals surface area (Å²) in [5.74, 6) is -0.416. The molecule has 5 nitrogen and oxygen atoms in total. The molecule has 1 fully saturated rings. The second kappa shape index (κ2) is 6.46. The number of thiazole rings is 1. The van der Waals surface area contributed by atoms with E-state index in [0.717, 1.165) is 23.4 Å². The van der Waals surface area contributed by atoms with Crippen LogP contribution in [0.4, 0.5) is 0 Å². The number of carbonyl (C=O) groups is 1. The number of carboxylic acids is 1. The third-order valence-electron chi connectivity index (χ3n) is 3.49. The van der Waals surface area contributed by atoms with Crippen LogP contribution in [-0.2, 0) is 11.2 Å². The SMILES string of the molecule is CCc1cnc(-c2cc(O[C@@H]3CCOC3)cc(C(=O)O)c2)s1. The molecule has 6 heteroatoms. The molecule has 1 aromatic carbocycles. The number of hydrogen-bond acceptors (Lipinski definition) is 5. The Morgan fingerprint density at radius 2 is 2.36 bits per heavy atom. The van der Waals surface area contributed by atoms with Gasteiger partial charge in [0, 0.05) is 23.1 Å². The largest absolute Gasteiger partial charge is 0.488 e. The second-order valence-electron chi connectivity index (χ2n) is 5.14. The van der Waals surface area contributed by atoms with Gasteiger partial charge in [-0.1, -0.05) is 6.92 Å². The number of benzene rings is 1. The zero-order valence-electron chi connectivity index (χ0n) is 12.2. The monoisotopic (exact) mass is 319 g/mol. The van der Waals surface area contributed by atoms with Crippen LogP contribution < -0.4 is 4.74 Å². The van der Waals surface area contributed by atoms with Crippen molar-refractivity contribution in [3.05, 3.63) is 34.8 Å².